The highest BCUT2D eigenvalue weighted by atomic mass is 31.2. The fraction of sp³-hybridized carbons (Fsp3) is 1.00. The van der Waals surface area contributed by atoms with E-state index in [0.717, 1.165) is 31.7 Å². The lowest BCUT2D eigenvalue weighted by Crippen LogP contribution is -2.06. The zero-order valence-corrected chi connectivity index (χ0v) is 10.4. The van der Waals surface area contributed by atoms with E-state index in [1.54, 1.807) is 0 Å². The van der Waals surface area contributed by atoms with Gasteiger partial charge in [0.15, 0.2) is 8.38 Å². The van der Waals surface area contributed by atoms with Gasteiger partial charge in [-0.2, -0.15) is 0 Å². The fourth-order valence-electron chi connectivity index (χ4n) is 1.73. The Morgan fingerprint density at radius 1 is 1.00 bits per heavy atom. The van der Waals surface area contributed by atoms with Crippen LogP contribution in [0.3, 0.4) is 0 Å². The standard InChI is InChI=1S/C11H23O2P/c1-3-9-12-14(13-10-4-2)11-7-5-6-8-11/h11H,3-10H2,1-2H3. The summed E-state index contributed by atoms with van der Waals surface area (Å²) in [5.41, 5.74) is 0.725. The minimum atomic E-state index is -0.574. The maximum Gasteiger partial charge on any atom is 0.173 e. The third-order valence-electron chi connectivity index (χ3n) is 2.47. The maximum atomic E-state index is 5.82. The third-order valence-corrected chi connectivity index (χ3v) is 4.45. The maximum absolute atomic E-state index is 5.82. The van der Waals surface area contributed by atoms with Gasteiger partial charge in [-0.3, -0.25) is 0 Å². The Bertz CT molecular complexity index is 127. The van der Waals surface area contributed by atoms with Gasteiger partial charge in [-0.05, 0) is 25.7 Å². The molecule has 14 heavy (non-hydrogen) atoms. The van der Waals surface area contributed by atoms with Crippen LogP contribution in [0.2, 0.25) is 0 Å². The Morgan fingerprint density at radius 3 is 1.93 bits per heavy atom. The molecule has 0 aliphatic heterocycles. The Labute approximate surface area is 89.3 Å². The highest BCUT2D eigenvalue weighted by Crippen LogP contribution is 2.50. The van der Waals surface area contributed by atoms with Gasteiger partial charge in [0.1, 0.15) is 0 Å². The van der Waals surface area contributed by atoms with Gasteiger partial charge in [-0.1, -0.05) is 26.7 Å². The van der Waals surface area contributed by atoms with Crippen LogP contribution in [-0.2, 0) is 9.05 Å². The van der Waals surface area contributed by atoms with Crippen LogP contribution < -0.4 is 0 Å². The molecule has 84 valence electrons. The van der Waals surface area contributed by atoms with Crippen molar-refractivity contribution in [2.24, 2.45) is 0 Å². The zero-order chi connectivity index (χ0) is 10.2. The van der Waals surface area contributed by atoms with Gasteiger partial charge in [-0.15, -0.1) is 0 Å². The van der Waals surface area contributed by atoms with Crippen molar-refractivity contribution >= 4 is 8.38 Å². The lowest BCUT2D eigenvalue weighted by atomic mass is 10.4. The summed E-state index contributed by atoms with van der Waals surface area (Å²) < 4.78 is 11.6. The first-order valence-electron chi connectivity index (χ1n) is 5.93. The Hall–Kier alpha value is 0.350. The van der Waals surface area contributed by atoms with E-state index < -0.39 is 8.38 Å². The fourth-order valence-corrected chi connectivity index (χ4v) is 3.73. The average molecular weight is 218 g/mol. The van der Waals surface area contributed by atoms with E-state index in [9.17, 15) is 0 Å². The van der Waals surface area contributed by atoms with Crippen molar-refractivity contribution in [2.45, 2.75) is 58.0 Å². The smallest absolute Gasteiger partial charge is 0.173 e. The normalized spacial score (nSPS) is 18.2. The van der Waals surface area contributed by atoms with Gasteiger partial charge >= 0.3 is 0 Å². The summed E-state index contributed by atoms with van der Waals surface area (Å²) >= 11 is 0. The van der Waals surface area contributed by atoms with Crippen LogP contribution >= 0.6 is 8.38 Å². The summed E-state index contributed by atoms with van der Waals surface area (Å²) in [4.78, 5) is 0. The van der Waals surface area contributed by atoms with Crippen molar-refractivity contribution in [3.05, 3.63) is 0 Å². The second-order valence-electron chi connectivity index (χ2n) is 3.89. The molecule has 3 heteroatoms. The Morgan fingerprint density at radius 2 is 1.50 bits per heavy atom. The van der Waals surface area contributed by atoms with Gasteiger partial charge in [0, 0.05) is 5.66 Å². The second kappa shape index (κ2) is 7.62. The Balaban J connectivity index is 2.26. The highest BCUT2D eigenvalue weighted by Gasteiger charge is 2.26. The van der Waals surface area contributed by atoms with Crippen LogP contribution in [0.1, 0.15) is 52.4 Å². The molecule has 1 fully saturated rings. The van der Waals surface area contributed by atoms with Crippen LogP contribution in [0.4, 0.5) is 0 Å². The van der Waals surface area contributed by atoms with Crippen molar-refractivity contribution < 1.29 is 9.05 Å². The molecule has 1 rings (SSSR count). The second-order valence-corrected chi connectivity index (χ2v) is 5.71. The van der Waals surface area contributed by atoms with Crippen molar-refractivity contribution in [1.82, 2.24) is 0 Å². The van der Waals surface area contributed by atoms with Crippen molar-refractivity contribution in [2.75, 3.05) is 13.2 Å². The lowest BCUT2D eigenvalue weighted by Gasteiger charge is -2.22. The van der Waals surface area contributed by atoms with E-state index >= 15 is 0 Å². The van der Waals surface area contributed by atoms with Gasteiger partial charge in [-0.25, -0.2) is 0 Å². The number of rotatable bonds is 7. The molecule has 0 radical (unpaired) electrons. The van der Waals surface area contributed by atoms with Crippen LogP contribution in [0.5, 0.6) is 0 Å². The summed E-state index contributed by atoms with van der Waals surface area (Å²) in [6.45, 7) is 6.04. The molecule has 0 heterocycles. The van der Waals surface area contributed by atoms with E-state index in [4.69, 9.17) is 9.05 Å². The van der Waals surface area contributed by atoms with Gasteiger partial charge in [0.25, 0.3) is 0 Å². The molecular formula is C11H23O2P. The first kappa shape index (κ1) is 12.4. The molecule has 0 aromatic heterocycles. The summed E-state index contributed by atoms with van der Waals surface area (Å²) in [5.74, 6) is 0. The topological polar surface area (TPSA) is 18.5 Å². The van der Waals surface area contributed by atoms with Gasteiger partial charge < -0.3 is 9.05 Å². The first-order chi connectivity index (χ1) is 6.88. The van der Waals surface area contributed by atoms with Crippen molar-refractivity contribution in [1.29, 1.82) is 0 Å². The molecule has 0 aromatic carbocycles. The molecule has 0 unspecified atom stereocenters. The molecule has 0 saturated heterocycles. The zero-order valence-electron chi connectivity index (χ0n) is 9.50. The lowest BCUT2D eigenvalue weighted by molar-refractivity contribution is 0.243. The molecule has 0 amide bonds. The number of hydrogen-bond donors (Lipinski definition) is 0. The van der Waals surface area contributed by atoms with Crippen LogP contribution in [0.15, 0.2) is 0 Å². The third kappa shape index (κ3) is 4.25. The number of hydrogen-bond acceptors (Lipinski definition) is 2. The van der Waals surface area contributed by atoms with Gasteiger partial charge in [0.2, 0.25) is 0 Å². The molecule has 1 saturated carbocycles. The molecule has 1 aliphatic rings. The molecule has 1 aliphatic carbocycles. The van der Waals surface area contributed by atoms with Crippen molar-refractivity contribution in [3.63, 3.8) is 0 Å². The molecule has 0 bridgehead atoms. The molecule has 2 nitrogen and oxygen atoms in total. The summed E-state index contributed by atoms with van der Waals surface area (Å²) in [6.07, 6.45) is 7.57. The van der Waals surface area contributed by atoms with E-state index in [-0.39, 0.29) is 0 Å². The first-order valence-corrected chi connectivity index (χ1v) is 7.18. The predicted octanol–water partition coefficient (Wildman–Crippen LogP) is 4.09. The molecule has 0 N–H and O–H groups in total. The van der Waals surface area contributed by atoms with Crippen LogP contribution in [0.25, 0.3) is 0 Å². The summed E-state index contributed by atoms with van der Waals surface area (Å²) in [5, 5.41) is 0. The van der Waals surface area contributed by atoms with Crippen molar-refractivity contribution in [3.8, 4) is 0 Å². The monoisotopic (exact) mass is 218 g/mol. The van der Waals surface area contributed by atoms with E-state index in [1.807, 2.05) is 0 Å². The van der Waals surface area contributed by atoms with E-state index in [1.165, 1.54) is 25.7 Å². The largest absolute Gasteiger partial charge is 0.334 e. The van der Waals surface area contributed by atoms with E-state index in [0.29, 0.717) is 0 Å². The minimum Gasteiger partial charge on any atom is -0.334 e. The highest BCUT2D eigenvalue weighted by molar-refractivity contribution is 7.48. The minimum absolute atomic E-state index is 0.574. The molecule has 0 aromatic rings. The van der Waals surface area contributed by atoms with Crippen LogP contribution in [-0.4, -0.2) is 18.9 Å². The Kier molecular flexibility index (Phi) is 6.76. The summed E-state index contributed by atoms with van der Waals surface area (Å²) in [7, 11) is -0.574. The van der Waals surface area contributed by atoms with Crippen LogP contribution in [0, 0.1) is 0 Å². The molecular weight excluding hydrogens is 195 g/mol. The van der Waals surface area contributed by atoms with E-state index in [2.05, 4.69) is 13.8 Å². The molecule has 0 atom stereocenters. The predicted molar refractivity (Wildman–Crippen MR) is 61.7 cm³/mol. The SMILES string of the molecule is CCCOP(OCCC)C1CCCC1. The average Bonchev–Trinajstić information content (AvgIpc) is 2.71. The molecule has 0 spiro atoms. The quantitative estimate of drug-likeness (QED) is 0.599. The van der Waals surface area contributed by atoms with Gasteiger partial charge in [0.05, 0.1) is 13.2 Å². The summed E-state index contributed by atoms with van der Waals surface area (Å²) in [6, 6.07) is 0.